The summed E-state index contributed by atoms with van der Waals surface area (Å²) in [6.07, 6.45) is -3.60. The molecule has 2 aromatic rings. The summed E-state index contributed by atoms with van der Waals surface area (Å²) < 4.78 is 38.6. The van der Waals surface area contributed by atoms with Gasteiger partial charge in [0.25, 0.3) is 5.82 Å². The van der Waals surface area contributed by atoms with Crippen LogP contribution in [0, 0.1) is 4.77 Å². The van der Waals surface area contributed by atoms with E-state index in [-0.39, 0.29) is 16.1 Å². The molecular formula is C14H16F3N5OS. The Morgan fingerprint density at radius 2 is 2.04 bits per heavy atom. The van der Waals surface area contributed by atoms with Gasteiger partial charge in [0.2, 0.25) is 4.77 Å². The Morgan fingerprint density at radius 3 is 2.58 bits per heavy atom. The summed E-state index contributed by atoms with van der Waals surface area (Å²) in [5.74, 6) is -1.35. The minimum absolute atomic E-state index is 0.0910. The fourth-order valence-corrected chi connectivity index (χ4v) is 2.31. The van der Waals surface area contributed by atoms with E-state index in [1.807, 2.05) is 18.7 Å². The number of rotatable bonds is 5. The molecule has 1 heterocycles. The van der Waals surface area contributed by atoms with Crippen molar-refractivity contribution in [1.82, 2.24) is 14.9 Å². The molecule has 6 nitrogen and oxygen atoms in total. The zero-order valence-electron chi connectivity index (χ0n) is 13.0. The minimum atomic E-state index is -4.69. The third kappa shape index (κ3) is 3.75. The molecule has 2 N–H and O–H groups in total. The molecule has 2 rings (SSSR count). The third-order valence-corrected chi connectivity index (χ3v) is 3.62. The molecule has 0 saturated heterocycles. The Morgan fingerprint density at radius 1 is 1.38 bits per heavy atom. The number of anilines is 1. The second kappa shape index (κ2) is 7.04. The number of hydrogen-bond acceptors (Lipinski definition) is 5. The quantitative estimate of drug-likeness (QED) is 0.634. The molecule has 0 bridgehead atoms. The number of nitrogens with zero attached hydrogens (tertiary/aromatic N) is 4. The highest BCUT2D eigenvalue weighted by Crippen LogP contribution is 2.28. The van der Waals surface area contributed by atoms with E-state index in [4.69, 9.17) is 12.2 Å². The predicted molar refractivity (Wildman–Crippen MR) is 87.1 cm³/mol. The lowest BCUT2D eigenvalue weighted by Crippen LogP contribution is -2.21. The number of halogens is 3. The van der Waals surface area contributed by atoms with Gasteiger partial charge in [0.15, 0.2) is 0 Å². The monoisotopic (exact) mass is 359 g/mol. The maximum atomic E-state index is 12.8. The molecule has 1 aromatic carbocycles. The molecule has 0 aliphatic carbocycles. The van der Waals surface area contributed by atoms with Crippen molar-refractivity contribution in [2.24, 2.45) is 5.10 Å². The molecule has 0 spiro atoms. The molecule has 0 unspecified atom stereocenters. The zero-order chi connectivity index (χ0) is 17.9. The van der Waals surface area contributed by atoms with Crippen LogP contribution in [0.3, 0.4) is 0 Å². The molecule has 0 aliphatic heterocycles. The van der Waals surface area contributed by atoms with E-state index in [0.29, 0.717) is 4.68 Å². The number of nitrogens with one attached hydrogen (secondary N) is 1. The lowest BCUT2D eigenvalue weighted by atomic mass is 10.2. The van der Waals surface area contributed by atoms with Crippen molar-refractivity contribution < 1.29 is 18.3 Å². The molecule has 0 saturated carbocycles. The lowest BCUT2D eigenvalue weighted by molar-refractivity contribution is -0.147. The number of phenols is 1. The number of aromatic amines is 1. The number of alkyl halides is 3. The van der Waals surface area contributed by atoms with Crippen LogP contribution in [0.1, 0.15) is 25.2 Å². The fraction of sp³-hybridized carbons (Fsp3) is 0.357. The van der Waals surface area contributed by atoms with E-state index in [1.165, 1.54) is 6.07 Å². The highest BCUT2D eigenvalue weighted by molar-refractivity contribution is 7.71. The van der Waals surface area contributed by atoms with Crippen LogP contribution in [0.25, 0.3) is 0 Å². The molecule has 0 atom stereocenters. The Bertz CT molecular complexity index is 792. The summed E-state index contributed by atoms with van der Waals surface area (Å²) in [4.78, 5) is 2.02. The molecule has 0 amide bonds. The average molecular weight is 359 g/mol. The van der Waals surface area contributed by atoms with Crippen molar-refractivity contribution >= 4 is 24.1 Å². The summed E-state index contributed by atoms with van der Waals surface area (Å²) in [5.41, 5.74) is 1.08. The van der Waals surface area contributed by atoms with Crippen LogP contribution >= 0.6 is 12.2 Å². The number of aromatic nitrogens is 3. The van der Waals surface area contributed by atoms with Crippen molar-refractivity contribution in [3.05, 3.63) is 34.4 Å². The first-order valence-electron chi connectivity index (χ1n) is 7.14. The van der Waals surface area contributed by atoms with Gasteiger partial charge < -0.3 is 10.0 Å². The largest absolute Gasteiger partial charge is 0.507 e. The van der Waals surface area contributed by atoms with Gasteiger partial charge in [0.05, 0.1) is 6.21 Å². The highest BCUT2D eigenvalue weighted by Gasteiger charge is 2.37. The standard InChI is InChI=1S/C14H16F3N5OS/c1-3-21(4-2)10-6-5-9(11(23)7-10)8-18-22-12(14(15,16)17)19-20-13(22)24/h5-8,23H,3-4H2,1-2H3,(H,20,24)/b18-8+. The van der Waals surface area contributed by atoms with Gasteiger partial charge in [0, 0.05) is 30.4 Å². The number of hydrogen-bond donors (Lipinski definition) is 2. The predicted octanol–water partition coefficient (Wildman–Crippen LogP) is 3.39. The van der Waals surface area contributed by atoms with Crippen LogP contribution in [0.5, 0.6) is 5.75 Å². The van der Waals surface area contributed by atoms with Crippen molar-refractivity contribution in [1.29, 1.82) is 0 Å². The van der Waals surface area contributed by atoms with Gasteiger partial charge in [-0.05, 0) is 38.2 Å². The van der Waals surface area contributed by atoms with Gasteiger partial charge in [-0.15, -0.1) is 5.10 Å². The van der Waals surface area contributed by atoms with E-state index in [1.54, 1.807) is 12.1 Å². The molecule has 24 heavy (non-hydrogen) atoms. The molecule has 0 fully saturated rings. The van der Waals surface area contributed by atoms with Crippen LogP contribution in [0.4, 0.5) is 18.9 Å². The van der Waals surface area contributed by atoms with Crippen LogP contribution in [-0.2, 0) is 6.18 Å². The second-order valence-electron chi connectivity index (χ2n) is 4.82. The van der Waals surface area contributed by atoms with Gasteiger partial charge in [0.1, 0.15) is 5.75 Å². The van der Waals surface area contributed by atoms with E-state index < -0.39 is 12.0 Å². The minimum Gasteiger partial charge on any atom is -0.507 e. The second-order valence-corrected chi connectivity index (χ2v) is 5.21. The van der Waals surface area contributed by atoms with Crippen LogP contribution in [0.2, 0.25) is 0 Å². The van der Waals surface area contributed by atoms with Crippen LogP contribution in [-0.4, -0.2) is 39.3 Å². The normalized spacial score (nSPS) is 12.0. The van der Waals surface area contributed by atoms with Gasteiger partial charge in [-0.25, -0.2) is 5.10 Å². The highest BCUT2D eigenvalue weighted by atomic mass is 32.1. The maximum absolute atomic E-state index is 12.8. The van der Waals surface area contributed by atoms with Crippen molar-refractivity contribution in [2.45, 2.75) is 20.0 Å². The van der Waals surface area contributed by atoms with E-state index in [2.05, 4.69) is 15.3 Å². The summed E-state index contributed by atoms with van der Waals surface area (Å²) in [5, 5.41) is 18.9. The Labute approximate surface area is 141 Å². The molecule has 0 radical (unpaired) electrons. The first-order chi connectivity index (χ1) is 11.3. The SMILES string of the molecule is CCN(CC)c1ccc(/C=N/n2c(C(F)(F)F)n[nH]c2=S)c(O)c1. The summed E-state index contributed by atoms with van der Waals surface area (Å²) in [6, 6.07) is 4.87. The number of aromatic hydroxyl groups is 1. The van der Waals surface area contributed by atoms with Crippen molar-refractivity contribution in [3.63, 3.8) is 0 Å². The van der Waals surface area contributed by atoms with Crippen LogP contribution < -0.4 is 4.90 Å². The Kier molecular flexibility index (Phi) is 5.27. The molecule has 0 aliphatic rings. The Balaban J connectivity index is 2.34. The summed E-state index contributed by atoms with van der Waals surface area (Å²) in [6.45, 7) is 5.50. The smallest absolute Gasteiger partial charge is 0.453 e. The number of H-pyrrole nitrogens is 1. The Hall–Kier alpha value is -2.36. The van der Waals surface area contributed by atoms with Gasteiger partial charge in [-0.2, -0.15) is 22.9 Å². The zero-order valence-corrected chi connectivity index (χ0v) is 13.8. The number of phenolic OH excluding ortho intramolecular Hbond substituents is 1. The van der Waals surface area contributed by atoms with E-state index in [9.17, 15) is 18.3 Å². The average Bonchev–Trinajstić information content (AvgIpc) is 2.89. The molecular weight excluding hydrogens is 343 g/mol. The van der Waals surface area contributed by atoms with Crippen LogP contribution in [0.15, 0.2) is 23.3 Å². The van der Waals surface area contributed by atoms with E-state index in [0.717, 1.165) is 25.0 Å². The lowest BCUT2D eigenvalue weighted by Gasteiger charge is -2.21. The maximum Gasteiger partial charge on any atom is 0.453 e. The summed E-state index contributed by atoms with van der Waals surface area (Å²) in [7, 11) is 0. The fourth-order valence-electron chi connectivity index (χ4n) is 2.13. The number of benzene rings is 1. The molecule has 1 aromatic heterocycles. The van der Waals surface area contributed by atoms with Crippen molar-refractivity contribution in [3.8, 4) is 5.75 Å². The third-order valence-electron chi connectivity index (χ3n) is 3.36. The molecule has 10 heteroatoms. The van der Waals surface area contributed by atoms with Gasteiger partial charge in [-0.3, -0.25) is 0 Å². The van der Waals surface area contributed by atoms with E-state index >= 15 is 0 Å². The first-order valence-corrected chi connectivity index (χ1v) is 7.55. The first kappa shape index (κ1) is 18.0. The van der Waals surface area contributed by atoms with Gasteiger partial charge in [-0.1, -0.05) is 0 Å². The van der Waals surface area contributed by atoms with Gasteiger partial charge >= 0.3 is 6.18 Å². The topological polar surface area (TPSA) is 69.4 Å². The van der Waals surface area contributed by atoms with Crippen molar-refractivity contribution in [2.75, 3.05) is 18.0 Å². The summed E-state index contributed by atoms with van der Waals surface area (Å²) >= 11 is 4.74. The molecule has 130 valence electrons.